The van der Waals surface area contributed by atoms with Crippen molar-refractivity contribution < 1.29 is 12.8 Å². The van der Waals surface area contributed by atoms with E-state index in [1.807, 2.05) is 6.07 Å². The van der Waals surface area contributed by atoms with Crippen molar-refractivity contribution in [3.8, 4) is 0 Å². The van der Waals surface area contributed by atoms with E-state index in [9.17, 15) is 8.42 Å². The van der Waals surface area contributed by atoms with Crippen molar-refractivity contribution in [3.05, 3.63) is 41.2 Å². The highest BCUT2D eigenvalue weighted by Crippen LogP contribution is 2.21. The molecule has 20 heavy (non-hydrogen) atoms. The number of furan rings is 1. The van der Waals surface area contributed by atoms with Crippen LogP contribution in [-0.2, 0) is 23.1 Å². The Bertz CT molecular complexity index is 630. The number of nitrogens with one attached hydrogen (secondary N) is 2. The smallest absolute Gasteiger partial charge is 0.250 e. The Morgan fingerprint density at radius 2 is 2.05 bits per heavy atom. The molecule has 5 nitrogen and oxygen atoms in total. The minimum Gasteiger partial charge on any atom is -0.472 e. The van der Waals surface area contributed by atoms with Crippen LogP contribution in [-0.4, -0.2) is 14.5 Å². The van der Waals surface area contributed by atoms with Crippen LogP contribution in [0.1, 0.15) is 24.3 Å². The first kappa shape index (κ1) is 15.2. The molecule has 0 amide bonds. The lowest BCUT2D eigenvalue weighted by Gasteiger charge is -2.05. The van der Waals surface area contributed by atoms with Gasteiger partial charge in [-0.1, -0.05) is 13.8 Å². The topological polar surface area (TPSA) is 71.3 Å². The zero-order chi connectivity index (χ0) is 14.6. The van der Waals surface area contributed by atoms with Gasteiger partial charge in [0.25, 0.3) is 0 Å². The number of rotatable bonds is 7. The molecular formula is C13H18N2O3S2. The first-order chi connectivity index (χ1) is 9.47. The van der Waals surface area contributed by atoms with Crippen molar-refractivity contribution in [2.75, 3.05) is 0 Å². The molecule has 0 bridgehead atoms. The normalized spacial score (nSPS) is 12.2. The average Bonchev–Trinajstić information content (AvgIpc) is 3.05. The molecule has 0 aromatic carbocycles. The third kappa shape index (κ3) is 4.17. The van der Waals surface area contributed by atoms with Gasteiger partial charge in [0.2, 0.25) is 10.0 Å². The third-order valence-corrected chi connectivity index (χ3v) is 5.61. The van der Waals surface area contributed by atoms with Crippen LogP contribution in [0.3, 0.4) is 0 Å². The highest BCUT2D eigenvalue weighted by molar-refractivity contribution is 7.91. The lowest BCUT2D eigenvalue weighted by atomic mass is 10.4. The van der Waals surface area contributed by atoms with E-state index in [1.165, 1.54) is 23.9 Å². The van der Waals surface area contributed by atoms with Crippen molar-refractivity contribution in [2.24, 2.45) is 0 Å². The maximum Gasteiger partial charge on any atom is 0.250 e. The van der Waals surface area contributed by atoms with Crippen LogP contribution in [0.25, 0.3) is 0 Å². The Morgan fingerprint density at radius 1 is 1.25 bits per heavy atom. The predicted molar refractivity (Wildman–Crippen MR) is 79.0 cm³/mol. The summed E-state index contributed by atoms with van der Waals surface area (Å²) in [7, 11) is -3.46. The Kier molecular flexibility index (Phi) is 4.98. The van der Waals surface area contributed by atoms with Crippen LogP contribution in [0, 0.1) is 0 Å². The summed E-state index contributed by atoms with van der Waals surface area (Å²) in [5.41, 5.74) is 0.798. The van der Waals surface area contributed by atoms with E-state index >= 15 is 0 Å². The van der Waals surface area contributed by atoms with Gasteiger partial charge >= 0.3 is 0 Å². The zero-order valence-corrected chi connectivity index (χ0v) is 13.1. The standard InChI is InChI=1S/C13H18N2O3S2/c1-10(2)14-8-12-3-4-13(19-12)20(16,17)15-7-11-5-6-18-9-11/h3-6,9-10,14-15H,7-8H2,1-2H3. The minimum atomic E-state index is -3.46. The lowest BCUT2D eigenvalue weighted by molar-refractivity contribution is 0.561. The molecule has 0 spiro atoms. The van der Waals surface area contributed by atoms with E-state index in [4.69, 9.17) is 4.42 Å². The van der Waals surface area contributed by atoms with E-state index in [-0.39, 0.29) is 6.54 Å². The van der Waals surface area contributed by atoms with Crippen LogP contribution < -0.4 is 10.0 Å². The van der Waals surface area contributed by atoms with Crippen LogP contribution in [0.5, 0.6) is 0 Å². The van der Waals surface area contributed by atoms with Gasteiger partial charge in [-0.05, 0) is 18.2 Å². The fraction of sp³-hybridized carbons (Fsp3) is 0.385. The molecule has 0 aliphatic heterocycles. The number of sulfonamides is 1. The minimum absolute atomic E-state index is 0.232. The predicted octanol–water partition coefficient (Wildman–Crippen LogP) is 2.32. The summed E-state index contributed by atoms with van der Waals surface area (Å²) < 4.78 is 32.1. The summed E-state index contributed by atoms with van der Waals surface area (Å²) in [4.78, 5) is 1.00. The second-order valence-corrected chi connectivity index (χ2v) is 7.87. The number of thiophene rings is 1. The van der Waals surface area contributed by atoms with Crippen molar-refractivity contribution in [2.45, 2.75) is 37.2 Å². The molecule has 2 heterocycles. The largest absolute Gasteiger partial charge is 0.472 e. The molecular weight excluding hydrogens is 296 g/mol. The van der Waals surface area contributed by atoms with Crippen molar-refractivity contribution in [1.82, 2.24) is 10.0 Å². The first-order valence-corrected chi connectivity index (χ1v) is 8.60. The molecule has 110 valence electrons. The van der Waals surface area contributed by atoms with Gasteiger partial charge < -0.3 is 9.73 Å². The molecule has 0 fully saturated rings. The number of hydrogen-bond donors (Lipinski definition) is 2. The maximum atomic E-state index is 12.1. The summed E-state index contributed by atoms with van der Waals surface area (Å²) in [5.74, 6) is 0. The lowest BCUT2D eigenvalue weighted by Crippen LogP contribution is -2.22. The van der Waals surface area contributed by atoms with Gasteiger partial charge in [-0.15, -0.1) is 11.3 Å². The van der Waals surface area contributed by atoms with E-state index in [0.717, 1.165) is 10.4 Å². The monoisotopic (exact) mass is 314 g/mol. The quantitative estimate of drug-likeness (QED) is 0.823. The molecule has 7 heteroatoms. The van der Waals surface area contributed by atoms with Crippen LogP contribution in [0.2, 0.25) is 0 Å². The summed E-state index contributed by atoms with van der Waals surface area (Å²) in [6.07, 6.45) is 3.04. The van der Waals surface area contributed by atoms with Crippen molar-refractivity contribution in [1.29, 1.82) is 0 Å². The summed E-state index contributed by atoms with van der Waals surface area (Å²) in [6, 6.07) is 5.58. The fourth-order valence-corrected chi connectivity index (χ4v) is 3.91. The molecule has 0 unspecified atom stereocenters. The second kappa shape index (κ2) is 6.53. The molecule has 0 aliphatic carbocycles. The SMILES string of the molecule is CC(C)NCc1ccc(S(=O)(=O)NCc2ccoc2)s1. The molecule has 2 rings (SSSR count). The molecule has 0 radical (unpaired) electrons. The van der Waals surface area contributed by atoms with Crippen molar-refractivity contribution in [3.63, 3.8) is 0 Å². The molecule has 0 aliphatic rings. The molecule has 0 atom stereocenters. The maximum absolute atomic E-state index is 12.1. The van der Waals surface area contributed by atoms with Gasteiger partial charge in [-0.2, -0.15) is 0 Å². The fourth-order valence-electron chi connectivity index (χ4n) is 1.55. The Hall–Kier alpha value is -1.15. The van der Waals surface area contributed by atoms with E-state index < -0.39 is 10.0 Å². The molecule has 2 N–H and O–H groups in total. The second-order valence-electron chi connectivity index (χ2n) is 4.71. The Balaban J connectivity index is 1.98. The Labute approximate surface area is 123 Å². The summed E-state index contributed by atoms with van der Waals surface area (Å²) in [6.45, 7) is 5.02. The third-order valence-electron chi connectivity index (χ3n) is 2.63. The van der Waals surface area contributed by atoms with Gasteiger partial charge in [0.15, 0.2) is 0 Å². The highest BCUT2D eigenvalue weighted by atomic mass is 32.2. The van der Waals surface area contributed by atoms with Gasteiger partial charge in [0.05, 0.1) is 12.5 Å². The van der Waals surface area contributed by atoms with Gasteiger partial charge in [-0.3, -0.25) is 0 Å². The van der Waals surface area contributed by atoms with Gasteiger partial charge in [-0.25, -0.2) is 13.1 Å². The average molecular weight is 314 g/mol. The van der Waals surface area contributed by atoms with Gasteiger partial charge in [0.1, 0.15) is 4.21 Å². The van der Waals surface area contributed by atoms with E-state index in [0.29, 0.717) is 16.8 Å². The highest BCUT2D eigenvalue weighted by Gasteiger charge is 2.16. The van der Waals surface area contributed by atoms with Crippen LogP contribution >= 0.6 is 11.3 Å². The molecule has 2 aromatic heterocycles. The summed E-state index contributed by atoms with van der Waals surface area (Å²) in [5, 5.41) is 3.26. The van der Waals surface area contributed by atoms with Crippen LogP contribution in [0.15, 0.2) is 39.4 Å². The molecule has 2 aromatic rings. The molecule has 0 saturated heterocycles. The van der Waals surface area contributed by atoms with Gasteiger partial charge in [0, 0.05) is 29.6 Å². The van der Waals surface area contributed by atoms with E-state index in [1.54, 1.807) is 12.1 Å². The van der Waals surface area contributed by atoms with Crippen LogP contribution in [0.4, 0.5) is 0 Å². The molecule has 0 saturated carbocycles. The Morgan fingerprint density at radius 3 is 2.70 bits per heavy atom. The first-order valence-electron chi connectivity index (χ1n) is 6.30. The summed E-state index contributed by atoms with van der Waals surface area (Å²) >= 11 is 1.28. The number of hydrogen-bond acceptors (Lipinski definition) is 5. The van der Waals surface area contributed by atoms with E-state index in [2.05, 4.69) is 23.9 Å². The zero-order valence-electron chi connectivity index (χ0n) is 11.4. The van der Waals surface area contributed by atoms with Crippen molar-refractivity contribution >= 4 is 21.4 Å².